The fourth-order valence-electron chi connectivity index (χ4n) is 2.04. The second-order valence-electron chi connectivity index (χ2n) is 3.92. The number of halogens is 2. The van der Waals surface area contributed by atoms with Gasteiger partial charge in [-0.25, -0.2) is 8.78 Å². The van der Waals surface area contributed by atoms with Gasteiger partial charge in [-0.15, -0.1) is 0 Å². The van der Waals surface area contributed by atoms with Gasteiger partial charge in [0.25, 0.3) is 0 Å². The summed E-state index contributed by atoms with van der Waals surface area (Å²) >= 11 is 0. The highest BCUT2D eigenvalue weighted by Gasteiger charge is 2.29. The van der Waals surface area contributed by atoms with E-state index in [-0.39, 0.29) is 5.78 Å². The summed E-state index contributed by atoms with van der Waals surface area (Å²) in [4.78, 5) is 11.2. The molecule has 0 aromatic carbocycles. The van der Waals surface area contributed by atoms with Gasteiger partial charge in [-0.1, -0.05) is 0 Å². The number of hydrogen-bond acceptors (Lipinski definition) is 2. The summed E-state index contributed by atoms with van der Waals surface area (Å²) in [5.74, 6) is -0.708. The smallest absolute Gasteiger partial charge is 0.241 e. The van der Waals surface area contributed by atoms with Crippen molar-refractivity contribution in [3.63, 3.8) is 0 Å². The van der Waals surface area contributed by atoms with Gasteiger partial charge >= 0.3 is 0 Å². The quantitative estimate of drug-likeness (QED) is 0.765. The van der Waals surface area contributed by atoms with Crippen LogP contribution in [0.2, 0.25) is 0 Å². The largest absolute Gasteiger partial charge is 0.293 e. The molecule has 1 heterocycles. The Labute approximate surface area is 85.9 Å². The van der Waals surface area contributed by atoms with Crippen LogP contribution in [0.4, 0.5) is 8.78 Å². The van der Waals surface area contributed by atoms with Crippen LogP contribution in [0.5, 0.6) is 0 Å². The number of rotatable bonds is 2. The lowest BCUT2D eigenvalue weighted by Gasteiger charge is -2.20. The van der Waals surface area contributed by atoms with Gasteiger partial charge in [0, 0.05) is 24.1 Å². The molecule has 3 nitrogen and oxygen atoms in total. The molecule has 1 aromatic rings. The Bertz CT molecular complexity index is 387. The minimum atomic E-state index is -2.29. The third kappa shape index (κ3) is 1.78. The number of Topliss-reactive ketones (excluding diaryl/α,β-unsaturated/α-hetero) is 1. The maximum Gasteiger partial charge on any atom is 0.241 e. The molecular weight excluding hydrogens is 202 g/mol. The molecule has 1 N–H and O–H groups in total. The monoisotopic (exact) mass is 214 g/mol. The third-order valence-corrected chi connectivity index (χ3v) is 2.87. The Balaban J connectivity index is 2.26. The third-order valence-electron chi connectivity index (χ3n) is 2.87. The van der Waals surface area contributed by atoms with Crippen molar-refractivity contribution in [1.29, 1.82) is 0 Å². The zero-order valence-corrected chi connectivity index (χ0v) is 8.39. The lowest BCUT2D eigenvalue weighted by atomic mass is 9.86. The molecule has 0 spiro atoms. The molecule has 82 valence electrons. The molecule has 15 heavy (non-hydrogen) atoms. The molecule has 0 bridgehead atoms. The molecule has 1 aromatic heterocycles. The molecule has 0 amide bonds. The number of hydrogen-bond donors (Lipinski definition) is 1. The zero-order chi connectivity index (χ0) is 11.0. The average molecular weight is 214 g/mol. The van der Waals surface area contributed by atoms with Crippen molar-refractivity contribution < 1.29 is 13.6 Å². The van der Waals surface area contributed by atoms with Crippen LogP contribution in [-0.4, -0.2) is 22.4 Å². The van der Waals surface area contributed by atoms with Gasteiger partial charge in [0.05, 0.1) is 0 Å². The van der Waals surface area contributed by atoms with Crippen molar-refractivity contribution in [2.45, 2.75) is 32.6 Å². The van der Waals surface area contributed by atoms with Gasteiger partial charge in [-0.3, -0.25) is 9.89 Å². The van der Waals surface area contributed by atoms with Crippen molar-refractivity contribution in [2.75, 3.05) is 0 Å². The SMILES string of the molecule is CC(=O)c1n[nH]c2c1CCC(C(F)F)C2. The van der Waals surface area contributed by atoms with Gasteiger partial charge in [-0.05, 0) is 19.3 Å². The molecule has 1 aliphatic carbocycles. The van der Waals surface area contributed by atoms with E-state index in [4.69, 9.17) is 0 Å². The number of H-pyrrole nitrogens is 1. The molecule has 1 aliphatic rings. The Morgan fingerprint density at radius 1 is 1.60 bits per heavy atom. The van der Waals surface area contributed by atoms with Gasteiger partial charge in [0.2, 0.25) is 6.43 Å². The van der Waals surface area contributed by atoms with Crippen LogP contribution in [0.1, 0.15) is 35.1 Å². The summed E-state index contributed by atoms with van der Waals surface area (Å²) in [6, 6.07) is 0. The van der Waals surface area contributed by atoms with E-state index in [1.807, 2.05) is 0 Å². The van der Waals surface area contributed by atoms with E-state index in [1.165, 1.54) is 6.92 Å². The first-order chi connectivity index (χ1) is 7.09. The van der Waals surface area contributed by atoms with Crippen molar-refractivity contribution >= 4 is 5.78 Å². The van der Waals surface area contributed by atoms with Gasteiger partial charge < -0.3 is 0 Å². The minimum absolute atomic E-state index is 0.108. The molecule has 0 saturated carbocycles. The number of alkyl halides is 2. The van der Waals surface area contributed by atoms with E-state index in [9.17, 15) is 13.6 Å². The van der Waals surface area contributed by atoms with E-state index < -0.39 is 12.3 Å². The van der Waals surface area contributed by atoms with Crippen LogP contribution in [0.3, 0.4) is 0 Å². The summed E-state index contributed by atoms with van der Waals surface area (Å²) < 4.78 is 25.0. The zero-order valence-electron chi connectivity index (χ0n) is 8.39. The van der Waals surface area contributed by atoms with E-state index in [1.54, 1.807) is 0 Å². The number of aromatic amines is 1. The number of ketones is 1. The summed E-state index contributed by atoms with van der Waals surface area (Å²) in [5.41, 5.74) is 1.95. The Morgan fingerprint density at radius 2 is 2.33 bits per heavy atom. The van der Waals surface area contributed by atoms with Crippen LogP contribution in [-0.2, 0) is 12.8 Å². The molecule has 5 heteroatoms. The summed E-state index contributed by atoms with van der Waals surface area (Å²) in [5, 5.41) is 6.56. The first-order valence-electron chi connectivity index (χ1n) is 4.94. The van der Waals surface area contributed by atoms with E-state index in [2.05, 4.69) is 10.2 Å². The van der Waals surface area contributed by atoms with Gasteiger partial charge in [0.15, 0.2) is 5.78 Å². The lowest BCUT2D eigenvalue weighted by molar-refractivity contribution is 0.0689. The van der Waals surface area contributed by atoms with Gasteiger partial charge in [-0.2, -0.15) is 5.10 Å². The number of aromatic nitrogens is 2. The normalized spacial score (nSPS) is 20.4. The van der Waals surface area contributed by atoms with Gasteiger partial charge in [0.1, 0.15) is 5.69 Å². The molecule has 0 fully saturated rings. The standard InChI is InChI=1S/C10H12F2N2O/c1-5(15)9-7-3-2-6(10(11)12)4-8(7)13-14-9/h6,10H,2-4H2,1H3,(H,13,14). The van der Waals surface area contributed by atoms with Crippen molar-refractivity contribution in [3.8, 4) is 0 Å². The Kier molecular flexibility index (Phi) is 2.54. The Morgan fingerprint density at radius 3 is 2.93 bits per heavy atom. The predicted molar refractivity (Wildman–Crippen MR) is 50.1 cm³/mol. The number of nitrogens with zero attached hydrogens (tertiary/aromatic N) is 1. The first kappa shape index (κ1) is 10.3. The van der Waals surface area contributed by atoms with Crippen molar-refractivity contribution in [2.24, 2.45) is 5.92 Å². The van der Waals surface area contributed by atoms with Crippen LogP contribution in [0.25, 0.3) is 0 Å². The second-order valence-corrected chi connectivity index (χ2v) is 3.92. The van der Waals surface area contributed by atoms with E-state index in [0.717, 1.165) is 5.56 Å². The number of carbonyl (C=O) groups excluding carboxylic acids is 1. The van der Waals surface area contributed by atoms with E-state index in [0.29, 0.717) is 30.7 Å². The highest BCUT2D eigenvalue weighted by molar-refractivity contribution is 5.93. The number of nitrogens with one attached hydrogen (secondary N) is 1. The maximum absolute atomic E-state index is 12.5. The van der Waals surface area contributed by atoms with Crippen LogP contribution < -0.4 is 0 Å². The summed E-state index contributed by atoms with van der Waals surface area (Å²) in [6.45, 7) is 1.44. The van der Waals surface area contributed by atoms with Crippen LogP contribution >= 0.6 is 0 Å². The summed E-state index contributed by atoms with van der Waals surface area (Å²) in [6.07, 6.45) is -1.03. The van der Waals surface area contributed by atoms with Crippen LogP contribution in [0.15, 0.2) is 0 Å². The van der Waals surface area contributed by atoms with Crippen molar-refractivity contribution in [3.05, 3.63) is 17.0 Å². The molecule has 0 radical (unpaired) electrons. The first-order valence-corrected chi connectivity index (χ1v) is 4.94. The second kappa shape index (κ2) is 3.72. The fraction of sp³-hybridized carbons (Fsp3) is 0.600. The molecule has 1 atom stereocenters. The molecule has 0 saturated heterocycles. The molecule has 0 aliphatic heterocycles. The number of fused-ring (bicyclic) bond motifs is 1. The minimum Gasteiger partial charge on any atom is -0.293 e. The maximum atomic E-state index is 12.5. The highest BCUT2D eigenvalue weighted by Crippen LogP contribution is 2.29. The number of carbonyl (C=O) groups is 1. The predicted octanol–water partition coefficient (Wildman–Crippen LogP) is 1.98. The topological polar surface area (TPSA) is 45.8 Å². The Hall–Kier alpha value is -1.26. The lowest BCUT2D eigenvalue weighted by Crippen LogP contribution is -2.21. The fourth-order valence-corrected chi connectivity index (χ4v) is 2.04. The molecule has 2 rings (SSSR count). The van der Waals surface area contributed by atoms with E-state index >= 15 is 0 Å². The molecule has 1 unspecified atom stereocenters. The van der Waals surface area contributed by atoms with Crippen molar-refractivity contribution in [1.82, 2.24) is 10.2 Å². The average Bonchev–Trinajstić information content (AvgIpc) is 2.59. The summed E-state index contributed by atoms with van der Waals surface area (Å²) in [7, 11) is 0. The van der Waals surface area contributed by atoms with Crippen LogP contribution in [0, 0.1) is 5.92 Å². The molecular formula is C10H12F2N2O. The highest BCUT2D eigenvalue weighted by atomic mass is 19.3.